The van der Waals surface area contributed by atoms with Gasteiger partial charge < -0.3 is 4.74 Å². The van der Waals surface area contributed by atoms with Crippen molar-refractivity contribution in [2.75, 3.05) is 7.11 Å². The largest absolute Gasteiger partial charge is 0.468 e. The Morgan fingerprint density at radius 2 is 2.15 bits per heavy atom. The van der Waals surface area contributed by atoms with E-state index in [4.69, 9.17) is 9.72 Å². The predicted molar refractivity (Wildman–Crippen MR) is 96.6 cm³/mol. The summed E-state index contributed by atoms with van der Waals surface area (Å²) in [5, 5.41) is 5.06. The number of hydrogen-bond donors (Lipinski definition) is 0. The molecule has 0 amide bonds. The molecule has 3 aromatic rings. The number of nitrogens with zero attached hydrogens (tertiary/aromatic N) is 3. The van der Waals surface area contributed by atoms with Gasteiger partial charge in [-0.05, 0) is 30.2 Å². The molecule has 0 N–H and O–H groups in total. The summed E-state index contributed by atoms with van der Waals surface area (Å²) in [6, 6.07) is 6.78. The molecule has 0 radical (unpaired) electrons. The van der Waals surface area contributed by atoms with Crippen molar-refractivity contribution in [3.8, 4) is 10.7 Å². The number of methoxy groups -OCH3 is 1. The molecule has 2 aromatic heterocycles. The predicted octanol–water partition coefficient (Wildman–Crippen LogP) is 3.20. The number of aromatic nitrogens is 3. The molecule has 0 saturated carbocycles. The first-order valence-electron chi connectivity index (χ1n) is 8.27. The van der Waals surface area contributed by atoms with Crippen LogP contribution in [0.5, 0.6) is 0 Å². The Balaban J connectivity index is 1.78. The van der Waals surface area contributed by atoms with E-state index in [-0.39, 0.29) is 11.8 Å². The zero-order valence-corrected chi connectivity index (χ0v) is 15.6. The Labute approximate surface area is 154 Å². The molecule has 1 aliphatic carbocycles. The van der Waals surface area contributed by atoms with Gasteiger partial charge in [-0.2, -0.15) is 5.10 Å². The van der Waals surface area contributed by atoms with Crippen molar-refractivity contribution in [2.45, 2.75) is 25.2 Å². The number of carbonyl (C=O) groups is 1. The minimum Gasteiger partial charge on any atom is -0.468 e. The quantitative estimate of drug-likeness (QED) is 0.664. The lowest BCUT2D eigenvalue weighted by molar-refractivity contribution is -0.147. The molecule has 0 bridgehead atoms. The number of thiazole rings is 1. The summed E-state index contributed by atoms with van der Waals surface area (Å²) in [5.74, 6) is -0.664. The number of halogens is 1. The van der Waals surface area contributed by atoms with E-state index in [9.17, 15) is 9.18 Å². The van der Waals surface area contributed by atoms with Crippen molar-refractivity contribution in [1.82, 2.24) is 14.8 Å². The average molecular weight is 371 g/mol. The van der Waals surface area contributed by atoms with E-state index in [2.05, 4.69) is 5.10 Å². The van der Waals surface area contributed by atoms with Gasteiger partial charge in [-0.15, -0.1) is 11.3 Å². The highest BCUT2D eigenvalue weighted by Crippen LogP contribution is 2.45. The van der Waals surface area contributed by atoms with E-state index in [1.807, 2.05) is 19.2 Å². The minimum absolute atomic E-state index is 0.315. The zero-order chi connectivity index (χ0) is 18.5. The van der Waals surface area contributed by atoms with E-state index >= 15 is 0 Å². The molecule has 134 valence electrons. The van der Waals surface area contributed by atoms with E-state index in [1.165, 1.54) is 13.2 Å². The Hall–Kier alpha value is -2.54. The smallest absolute Gasteiger partial charge is 0.317 e. The molecule has 0 spiro atoms. The number of benzene rings is 1. The summed E-state index contributed by atoms with van der Waals surface area (Å²) in [7, 11) is 3.25. The van der Waals surface area contributed by atoms with Gasteiger partial charge in [0.05, 0.1) is 18.5 Å². The second kappa shape index (κ2) is 6.02. The Morgan fingerprint density at radius 1 is 1.35 bits per heavy atom. The number of carbonyl (C=O) groups excluding carboxylic acids is 1. The van der Waals surface area contributed by atoms with Crippen molar-refractivity contribution < 1.29 is 13.9 Å². The molecule has 0 unspecified atom stereocenters. The first-order valence-corrected chi connectivity index (χ1v) is 9.09. The summed E-state index contributed by atoms with van der Waals surface area (Å²) in [4.78, 5) is 18.5. The number of hydrogen-bond acceptors (Lipinski definition) is 5. The summed E-state index contributed by atoms with van der Waals surface area (Å²) >= 11 is 1.56. The molecule has 1 aliphatic rings. The number of esters is 1. The molecule has 0 aliphatic heterocycles. The molecule has 0 fully saturated rings. The third-order valence-electron chi connectivity index (χ3n) is 5.11. The van der Waals surface area contributed by atoms with Gasteiger partial charge in [0, 0.05) is 31.0 Å². The maximum atomic E-state index is 14.1. The maximum Gasteiger partial charge on any atom is 0.317 e. The summed E-state index contributed by atoms with van der Waals surface area (Å²) < 4.78 is 21.0. The van der Waals surface area contributed by atoms with Gasteiger partial charge in [0.25, 0.3) is 0 Å². The Bertz CT molecular complexity index is 985. The van der Waals surface area contributed by atoms with Crippen molar-refractivity contribution in [1.29, 1.82) is 0 Å². The highest BCUT2D eigenvalue weighted by molar-refractivity contribution is 7.15. The molecule has 5 nitrogen and oxygen atoms in total. The fraction of sp³-hybridized carbons (Fsp3) is 0.316. The molecule has 1 atom stereocenters. The summed E-state index contributed by atoms with van der Waals surface area (Å²) in [5.41, 5.74) is 2.06. The third kappa shape index (κ3) is 2.38. The van der Waals surface area contributed by atoms with Gasteiger partial charge in [0.15, 0.2) is 0 Å². The first-order chi connectivity index (χ1) is 12.5. The van der Waals surface area contributed by atoms with Crippen LogP contribution in [-0.2, 0) is 34.8 Å². The van der Waals surface area contributed by atoms with Crippen LogP contribution in [0.25, 0.3) is 10.7 Å². The van der Waals surface area contributed by atoms with E-state index in [0.717, 1.165) is 21.3 Å². The van der Waals surface area contributed by atoms with Crippen LogP contribution in [0.15, 0.2) is 30.5 Å². The molecule has 7 heteroatoms. The average Bonchev–Trinajstić information content (AvgIpc) is 3.29. The van der Waals surface area contributed by atoms with Crippen LogP contribution in [0.1, 0.15) is 21.7 Å². The molecule has 4 rings (SSSR count). The normalized spacial score (nSPS) is 18.8. The van der Waals surface area contributed by atoms with E-state index in [0.29, 0.717) is 24.0 Å². The van der Waals surface area contributed by atoms with Crippen molar-refractivity contribution in [3.05, 3.63) is 58.0 Å². The molecule has 2 heterocycles. The lowest BCUT2D eigenvalue weighted by Crippen LogP contribution is -2.39. The maximum absolute atomic E-state index is 14.1. The highest BCUT2D eigenvalue weighted by Gasteiger charge is 2.49. The minimum atomic E-state index is -0.917. The van der Waals surface area contributed by atoms with Crippen LogP contribution in [0.2, 0.25) is 0 Å². The SMILES string of the molecule is COC(=O)[C@@]1(c2cccc(F)c2C)Cc2nc(-c3ccnn3C)sc2C1. The highest BCUT2D eigenvalue weighted by atomic mass is 32.1. The Morgan fingerprint density at radius 3 is 2.81 bits per heavy atom. The second-order valence-electron chi connectivity index (χ2n) is 6.57. The number of fused-ring (bicyclic) bond motifs is 1. The fourth-order valence-electron chi connectivity index (χ4n) is 3.74. The molecule has 26 heavy (non-hydrogen) atoms. The third-order valence-corrected chi connectivity index (χ3v) is 6.23. The van der Waals surface area contributed by atoms with E-state index in [1.54, 1.807) is 35.2 Å². The van der Waals surface area contributed by atoms with Crippen LogP contribution in [0.3, 0.4) is 0 Å². The lowest BCUT2D eigenvalue weighted by atomic mass is 9.76. The van der Waals surface area contributed by atoms with Gasteiger partial charge >= 0.3 is 5.97 Å². The first kappa shape index (κ1) is 16.9. The van der Waals surface area contributed by atoms with Crippen LogP contribution in [0, 0.1) is 12.7 Å². The van der Waals surface area contributed by atoms with Crippen LogP contribution in [0.4, 0.5) is 4.39 Å². The van der Waals surface area contributed by atoms with Crippen LogP contribution >= 0.6 is 11.3 Å². The molecular formula is C19H18FN3O2S. The lowest BCUT2D eigenvalue weighted by Gasteiger charge is -2.28. The van der Waals surface area contributed by atoms with Crippen molar-refractivity contribution in [2.24, 2.45) is 7.05 Å². The Kier molecular flexibility index (Phi) is 3.91. The monoisotopic (exact) mass is 371 g/mol. The van der Waals surface area contributed by atoms with Crippen molar-refractivity contribution >= 4 is 17.3 Å². The second-order valence-corrected chi connectivity index (χ2v) is 7.65. The summed E-state index contributed by atoms with van der Waals surface area (Å²) in [6.07, 6.45) is 2.61. The van der Waals surface area contributed by atoms with Crippen LogP contribution < -0.4 is 0 Å². The number of rotatable bonds is 3. The van der Waals surface area contributed by atoms with E-state index < -0.39 is 5.41 Å². The fourth-order valence-corrected chi connectivity index (χ4v) is 4.99. The molecular weight excluding hydrogens is 353 g/mol. The van der Waals surface area contributed by atoms with Crippen molar-refractivity contribution in [3.63, 3.8) is 0 Å². The molecule has 1 aromatic carbocycles. The summed E-state index contributed by atoms with van der Waals surface area (Å²) in [6.45, 7) is 1.70. The number of aryl methyl sites for hydroxylation is 1. The van der Waals surface area contributed by atoms with Gasteiger partial charge in [-0.1, -0.05) is 12.1 Å². The van der Waals surface area contributed by atoms with Crippen LogP contribution in [-0.4, -0.2) is 27.8 Å². The zero-order valence-electron chi connectivity index (χ0n) is 14.7. The standard InChI is InChI=1S/C19H18FN3O2S/c1-11-12(5-4-6-13(11)20)19(18(24)25-3)9-14-16(10-19)26-17(22-14)15-7-8-21-23(15)2/h4-8H,9-10H2,1-3H3/t19-/m0/s1. The molecule has 0 saturated heterocycles. The topological polar surface area (TPSA) is 57.0 Å². The van der Waals surface area contributed by atoms with Gasteiger partial charge in [-0.3, -0.25) is 9.48 Å². The number of ether oxygens (including phenoxy) is 1. The van der Waals surface area contributed by atoms with Gasteiger partial charge in [0.1, 0.15) is 16.2 Å². The van der Waals surface area contributed by atoms with Gasteiger partial charge in [-0.25, -0.2) is 9.37 Å². The van der Waals surface area contributed by atoms with Gasteiger partial charge in [0.2, 0.25) is 0 Å².